The minimum absolute atomic E-state index is 0.834. The number of aromatic nitrogens is 3. The zero-order valence-corrected chi connectivity index (χ0v) is 7.94. The molecule has 3 rings (SSSR count). The lowest BCUT2D eigenvalue weighted by Gasteiger charge is -1.92. The smallest absolute Gasteiger partial charge is 0.140 e. The van der Waals surface area contributed by atoms with Crippen LogP contribution >= 0.6 is 0 Å². The van der Waals surface area contributed by atoms with E-state index < -0.39 is 0 Å². The van der Waals surface area contributed by atoms with Gasteiger partial charge in [0.05, 0.1) is 11.0 Å². The molecule has 0 aliphatic heterocycles. The molecule has 3 heteroatoms. The van der Waals surface area contributed by atoms with E-state index in [4.69, 9.17) is 0 Å². The summed E-state index contributed by atoms with van der Waals surface area (Å²) in [5.41, 5.74) is 2.84. The van der Waals surface area contributed by atoms with Gasteiger partial charge in [-0.25, -0.2) is 4.98 Å². The van der Waals surface area contributed by atoms with Crippen LogP contribution in [0.5, 0.6) is 0 Å². The molecule has 3 aromatic rings. The van der Waals surface area contributed by atoms with Crippen molar-refractivity contribution < 1.29 is 0 Å². The van der Waals surface area contributed by atoms with Crippen molar-refractivity contribution in [2.45, 2.75) is 0 Å². The number of nitrogens with zero attached hydrogens (tertiary/aromatic N) is 2. The number of hydrogen-bond acceptors (Lipinski definition) is 2. The Bertz CT molecular complexity index is 551. The molecule has 1 N–H and O–H groups in total. The van der Waals surface area contributed by atoms with E-state index in [0.717, 1.165) is 22.4 Å². The molecule has 0 aliphatic rings. The highest BCUT2D eigenvalue weighted by molar-refractivity contribution is 5.78. The van der Waals surface area contributed by atoms with Crippen molar-refractivity contribution >= 4 is 11.0 Å². The van der Waals surface area contributed by atoms with E-state index in [1.807, 2.05) is 30.3 Å². The second-order valence-electron chi connectivity index (χ2n) is 3.26. The molecular weight excluding hydrogens is 186 g/mol. The van der Waals surface area contributed by atoms with Crippen molar-refractivity contribution in [2.75, 3.05) is 0 Å². The van der Waals surface area contributed by atoms with Gasteiger partial charge in [-0.3, -0.25) is 4.98 Å². The van der Waals surface area contributed by atoms with E-state index in [1.54, 1.807) is 12.4 Å². The Balaban J connectivity index is 2.21. The summed E-state index contributed by atoms with van der Waals surface area (Å²) < 4.78 is 0. The SMILES string of the molecule is [c]1cccc2[nH]c(-c3cccnc3)nc12. The highest BCUT2D eigenvalue weighted by Gasteiger charge is 2.03. The molecule has 0 saturated heterocycles. The average Bonchev–Trinajstić information content (AvgIpc) is 2.74. The van der Waals surface area contributed by atoms with E-state index in [0.29, 0.717) is 0 Å². The van der Waals surface area contributed by atoms with Gasteiger partial charge in [-0.2, -0.15) is 0 Å². The summed E-state index contributed by atoms with van der Waals surface area (Å²) >= 11 is 0. The molecule has 0 spiro atoms. The van der Waals surface area contributed by atoms with Crippen molar-refractivity contribution in [3.63, 3.8) is 0 Å². The van der Waals surface area contributed by atoms with Gasteiger partial charge in [-0.05, 0) is 18.2 Å². The standard InChI is InChI=1S/C12H8N3/c1-2-6-11-10(5-1)14-12(15-11)9-4-3-7-13-8-9/h1-5,7-8H,(H,14,15). The normalized spacial score (nSPS) is 10.7. The number of benzene rings is 1. The van der Waals surface area contributed by atoms with Crippen LogP contribution in [-0.2, 0) is 0 Å². The largest absolute Gasteiger partial charge is 0.338 e. The van der Waals surface area contributed by atoms with Crippen LogP contribution in [0.15, 0.2) is 42.7 Å². The zero-order chi connectivity index (χ0) is 10.1. The second-order valence-corrected chi connectivity index (χ2v) is 3.26. The number of para-hydroxylation sites is 1. The van der Waals surface area contributed by atoms with Crippen molar-refractivity contribution in [3.05, 3.63) is 48.8 Å². The first-order valence-corrected chi connectivity index (χ1v) is 4.70. The maximum absolute atomic E-state index is 4.43. The number of H-pyrrole nitrogens is 1. The minimum Gasteiger partial charge on any atom is -0.338 e. The molecule has 1 radical (unpaired) electrons. The predicted molar refractivity (Wildman–Crippen MR) is 58.2 cm³/mol. The van der Waals surface area contributed by atoms with Gasteiger partial charge in [-0.15, -0.1) is 0 Å². The molecule has 0 atom stereocenters. The Morgan fingerprint density at radius 1 is 1.20 bits per heavy atom. The van der Waals surface area contributed by atoms with Crippen molar-refractivity contribution in [3.8, 4) is 11.4 Å². The van der Waals surface area contributed by atoms with E-state index >= 15 is 0 Å². The fourth-order valence-corrected chi connectivity index (χ4v) is 1.53. The molecule has 1 aromatic carbocycles. The van der Waals surface area contributed by atoms with Crippen molar-refractivity contribution in [2.24, 2.45) is 0 Å². The predicted octanol–water partition coefficient (Wildman–Crippen LogP) is 2.43. The summed E-state index contributed by atoms with van der Waals surface area (Å²) in [6.07, 6.45) is 3.54. The summed E-state index contributed by atoms with van der Waals surface area (Å²) in [5.74, 6) is 0.834. The van der Waals surface area contributed by atoms with Gasteiger partial charge in [-0.1, -0.05) is 12.1 Å². The number of fused-ring (bicyclic) bond motifs is 1. The molecule has 15 heavy (non-hydrogen) atoms. The van der Waals surface area contributed by atoms with Gasteiger partial charge >= 0.3 is 0 Å². The number of nitrogens with one attached hydrogen (secondary N) is 1. The van der Waals surface area contributed by atoms with Crippen LogP contribution in [-0.4, -0.2) is 15.0 Å². The molecule has 0 unspecified atom stereocenters. The summed E-state index contributed by atoms with van der Waals surface area (Å²) in [4.78, 5) is 11.7. The van der Waals surface area contributed by atoms with E-state index in [-0.39, 0.29) is 0 Å². The molecule has 3 nitrogen and oxygen atoms in total. The highest BCUT2D eigenvalue weighted by Crippen LogP contribution is 2.18. The Labute approximate surface area is 86.8 Å². The van der Waals surface area contributed by atoms with Crippen LogP contribution in [0.1, 0.15) is 0 Å². The second kappa shape index (κ2) is 3.20. The molecule has 71 valence electrons. The van der Waals surface area contributed by atoms with Gasteiger partial charge in [0, 0.05) is 24.0 Å². The first-order valence-electron chi connectivity index (χ1n) is 4.70. The van der Waals surface area contributed by atoms with Gasteiger partial charge in [0.2, 0.25) is 0 Å². The molecule has 0 amide bonds. The van der Waals surface area contributed by atoms with E-state index in [9.17, 15) is 0 Å². The molecule has 0 saturated carbocycles. The Morgan fingerprint density at radius 2 is 2.20 bits per heavy atom. The molecule has 0 aliphatic carbocycles. The van der Waals surface area contributed by atoms with Crippen LogP contribution in [0.25, 0.3) is 22.4 Å². The molecule has 0 fully saturated rings. The number of rotatable bonds is 1. The van der Waals surface area contributed by atoms with Crippen LogP contribution in [0.3, 0.4) is 0 Å². The summed E-state index contributed by atoms with van der Waals surface area (Å²) in [5, 5.41) is 0. The number of hydrogen-bond donors (Lipinski definition) is 1. The molecule has 2 heterocycles. The third kappa shape index (κ3) is 1.38. The summed E-state index contributed by atoms with van der Waals surface area (Å²) in [7, 11) is 0. The monoisotopic (exact) mass is 194 g/mol. The topological polar surface area (TPSA) is 41.6 Å². The van der Waals surface area contributed by atoms with Gasteiger partial charge in [0.1, 0.15) is 5.82 Å². The average molecular weight is 194 g/mol. The fourth-order valence-electron chi connectivity index (χ4n) is 1.53. The third-order valence-electron chi connectivity index (χ3n) is 2.25. The van der Waals surface area contributed by atoms with Crippen molar-refractivity contribution in [1.82, 2.24) is 15.0 Å². The lowest BCUT2D eigenvalue weighted by Crippen LogP contribution is -1.80. The number of aromatic amines is 1. The number of imidazole rings is 1. The van der Waals surface area contributed by atoms with E-state index in [2.05, 4.69) is 21.0 Å². The van der Waals surface area contributed by atoms with Crippen LogP contribution < -0.4 is 0 Å². The lowest BCUT2D eigenvalue weighted by molar-refractivity contribution is 1.27. The highest BCUT2D eigenvalue weighted by atomic mass is 14.9. The van der Waals surface area contributed by atoms with Crippen LogP contribution in [0.4, 0.5) is 0 Å². The molecule has 0 bridgehead atoms. The van der Waals surface area contributed by atoms with Gasteiger partial charge in [0.25, 0.3) is 0 Å². The maximum Gasteiger partial charge on any atom is 0.140 e. The minimum atomic E-state index is 0.834. The number of pyridine rings is 1. The Morgan fingerprint density at radius 3 is 3.00 bits per heavy atom. The molecular formula is C12H8N3. The summed E-state index contributed by atoms with van der Waals surface area (Å²) in [6, 6.07) is 12.7. The molecule has 2 aromatic heterocycles. The maximum atomic E-state index is 4.43. The van der Waals surface area contributed by atoms with Gasteiger partial charge < -0.3 is 4.98 Å². The van der Waals surface area contributed by atoms with E-state index in [1.165, 1.54) is 0 Å². The zero-order valence-electron chi connectivity index (χ0n) is 7.94. The first-order chi connectivity index (χ1) is 7.43. The third-order valence-corrected chi connectivity index (χ3v) is 2.25. The van der Waals surface area contributed by atoms with Crippen molar-refractivity contribution in [1.29, 1.82) is 0 Å². The first kappa shape index (κ1) is 8.17. The lowest BCUT2D eigenvalue weighted by atomic mass is 10.3. The summed E-state index contributed by atoms with van der Waals surface area (Å²) in [6.45, 7) is 0. The quantitative estimate of drug-likeness (QED) is 0.646. The van der Waals surface area contributed by atoms with Gasteiger partial charge in [0.15, 0.2) is 0 Å². The fraction of sp³-hybridized carbons (Fsp3) is 0. The Kier molecular flexibility index (Phi) is 1.75. The Hall–Kier alpha value is -2.16. The van der Waals surface area contributed by atoms with Crippen LogP contribution in [0.2, 0.25) is 0 Å². The van der Waals surface area contributed by atoms with Crippen LogP contribution in [0, 0.1) is 6.07 Å².